The molecule has 0 radical (unpaired) electrons. The summed E-state index contributed by atoms with van der Waals surface area (Å²) >= 11 is 5.91. The van der Waals surface area contributed by atoms with Gasteiger partial charge in [0.05, 0.1) is 18.7 Å². The molecule has 1 N–H and O–H groups in total. The van der Waals surface area contributed by atoms with E-state index in [-0.39, 0.29) is 6.61 Å². The first-order valence-electron chi connectivity index (χ1n) is 4.21. The first-order valence-corrected chi connectivity index (χ1v) is 4.59. The van der Waals surface area contributed by atoms with E-state index in [1.54, 1.807) is 25.3 Å². The van der Waals surface area contributed by atoms with Crippen LogP contribution in [0.15, 0.2) is 18.2 Å². The second kappa shape index (κ2) is 5.54. The highest BCUT2D eigenvalue weighted by Gasteiger charge is 1.98. The Morgan fingerprint density at radius 2 is 2.29 bits per heavy atom. The van der Waals surface area contributed by atoms with Gasteiger partial charge in [-0.05, 0) is 18.2 Å². The molecule has 0 spiro atoms. The van der Waals surface area contributed by atoms with Gasteiger partial charge in [-0.2, -0.15) is 0 Å². The average molecular weight is 211 g/mol. The zero-order valence-corrected chi connectivity index (χ0v) is 8.64. The molecule has 1 rings (SSSR count). The molecule has 74 valence electrons. The summed E-state index contributed by atoms with van der Waals surface area (Å²) in [5, 5.41) is 9.15. The van der Waals surface area contributed by atoms with Gasteiger partial charge in [-0.3, -0.25) is 0 Å². The number of hydrogen-bond acceptors (Lipinski definition) is 2. The molecule has 0 saturated heterocycles. The molecule has 0 aromatic heterocycles. The molecule has 1 aromatic rings. The van der Waals surface area contributed by atoms with Crippen molar-refractivity contribution >= 4 is 11.6 Å². The van der Waals surface area contributed by atoms with Gasteiger partial charge in [0.2, 0.25) is 0 Å². The van der Waals surface area contributed by atoms with Crippen LogP contribution in [0.5, 0.6) is 5.75 Å². The fourth-order valence-electron chi connectivity index (χ4n) is 0.941. The predicted octanol–water partition coefficient (Wildman–Crippen LogP) is 2.08. The summed E-state index contributed by atoms with van der Waals surface area (Å²) < 4.78 is 5.04. The summed E-state index contributed by atoms with van der Waals surface area (Å²) in [6.07, 6.45) is 0.452. The lowest BCUT2D eigenvalue weighted by Crippen LogP contribution is -1.85. The Morgan fingerprint density at radius 1 is 1.50 bits per heavy atom. The molecule has 0 amide bonds. The van der Waals surface area contributed by atoms with E-state index in [2.05, 4.69) is 11.8 Å². The molecular formula is C11H11ClO2. The quantitative estimate of drug-likeness (QED) is 0.758. The second-order valence-electron chi connectivity index (χ2n) is 2.62. The first kappa shape index (κ1) is 10.9. The summed E-state index contributed by atoms with van der Waals surface area (Å²) in [6.45, 7) is 0.0641. The number of rotatable bonds is 2. The number of benzene rings is 1. The Labute approximate surface area is 88.5 Å². The molecule has 0 saturated carbocycles. The molecule has 0 fully saturated rings. The zero-order valence-electron chi connectivity index (χ0n) is 7.88. The van der Waals surface area contributed by atoms with Crippen molar-refractivity contribution in [3.63, 3.8) is 0 Å². The summed E-state index contributed by atoms with van der Waals surface area (Å²) in [5.74, 6) is 6.39. The maximum Gasteiger partial charge on any atom is 0.120 e. The number of aliphatic hydroxyl groups is 1. The van der Waals surface area contributed by atoms with Crippen LogP contribution < -0.4 is 4.74 Å². The van der Waals surface area contributed by atoms with Gasteiger partial charge >= 0.3 is 0 Å². The third kappa shape index (κ3) is 2.95. The SMILES string of the molecule is COc1ccc(Cl)c(C#CCCO)c1. The average Bonchev–Trinajstić information content (AvgIpc) is 2.21. The monoisotopic (exact) mass is 210 g/mol. The van der Waals surface area contributed by atoms with Crippen molar-refractivity contribution in [2.45, 2.75) is 6.42 Å². The first-order chi connectivity index (χ1) is 6.77. The van der Waals surface area contributed by atoms with E-state index in [9.17, 15) is 0 Å². The minimum Gasteiger partial charge on any atom is -0.497 e. The predicted molar refractivity (Wildman–Crippen MR) is 56.6 cm³/mol. The van der Waals surface area contributed by atoms with Gasteiger partial charge in [0.1, 0.15) is 5.75 Å². The third-order valence-electron chi connectivity index (χ3n) is 1.63. The highest BCUT2D eigenvalue weighted by Crippen LogP contribution is 2.20. The standard InChI is InChI=1S/C11H11ClO2/c1-14-10-5-6-11(12)9(8-10)4-2-3-7-13/h5-6,8,13H,3,7H2,1H3. The maximum atomic E-state index is 8.55. The molecular weight excluding hydrogens is 200 g/mol. The van der Waals surface area contributed by atoms with Gasteiger partial charge in [-0.15, -0.1) is 0 Å². The van der Waals surface area contributed by atoms with Crippen LogP contribution in [-0.4, -0.2) is 18.8 Å². The topological polar surface area (TPSA) is 29.5 Å². The third-order valence-corrected chi connectivity index (χ3v) is 1.96. The Hall–Kier alpha value is -1.17. The number of aliphatic hydroxyl groups excluding tert-OH is 1. The molecule has 0 heterocycles. The van der Waals surface area contributed by atoms with E-state index in [1.165, 1.54) is 0 Å². The van der Waals surface area contributed by atoms with Gasteiger partial charge in [0.15, 0.2) is 0 Å². The summed E-state index contributed by atoms with van der Waals surface area (Å²) in [7, 11) is 1.59. The van der Waals surface area contributed by atoms with Gasteiger partial charge in [0, 0.05) is 12.0 Å². The van der Waals surface area contributed by atoms with E-state index in [4.69, 9.17) is 21.4 Å². The number of methoxy groups -OCH3 is 1. The Balaban J connectivity index is 2.91. The summed E-state index contributed by atoms with van der Waals surface area (Å²) in [4.78, 5) is 0. The van der Waals surface area contributed by atoms with Crippen molar-refractivity contribution in [1.82, 2.24) is 0 Å². The Kier molecular flexibility index (Phi) is 4.31. The number of ether oxygens (including phenoxy) is 1. The molecule has 3 heteroatoms. The molecule has 0 aliphatic heterocycles. The lowest BCUT2D eigenvalue weighted by atomic mass is 10.2. The summed E-state index contributed by atoms with van der Waals surface area (Å²) in [5.41, 5.74) is 0.722. The van der Waals surface area contributed by atoms with E-state index in [0.717, 1.165) is 11.3 Å². The van der Waals surface area contributed by atoms with E-state index in [1.807, 2.05) is 0 Å². The summed E-state index contributed by atoms with van der Waals surface area (Å²) in [6, 6.07) is 5.29. The van der Waals surface area contributed by atoms with Crippen LogP contribution in [0.4, 0.5) is 0 Å². The van der Waals surface area contributed by atoms with Crippen LogP contribution >= 0.6 is 11.6 Å². The largest absolute Gasteiger partial charge is 0.497 e. The maximum absolute atomic E-state index is 8.55. The van der Waals surface area contributed by atoms with Crippen LogP contribution in [0, 0.1) is 11.8 Å². The molecule has 0 aliphatic carbocycles. The fraction of sp³-hybridized carbons (Fsp3) is 0.273. The van der Waals surface area contributed by atoms with Crippen molar-refractivity contribution in [1.29, 1.82) is 0 Å². The number of halogens is 1. The molecule has 2 nitrogen and oxygen atoms in total. The van der Waals surface area contributed by atoms with Crippen molar-refractivity contribution in [3.8, 4) is 17.6 Å². The zero-order chi connectivity index (χ0) is 10.4. The van der Waals surface area contributed by atoms with E-state index < -0.39 is 0 Å². The van der Waals surface area contributed by atoms with Crippen LogP contribution in [0.1, 0.15) is 12.0 Å². The second-order valence-corrected chi connectivity index (χ2v) is 3.03. The van der Waals surface area contributed by atoms with Crippen LogP contribution in [0.25, 0.3) is 0 Å². The smallest absolute Gasteiger partial charge is 0.120 e. The van der Waals surface area contributed by atoms with Crippen molar-refractivity contribution < 1.29 is 9.84 Å². The lowest BCUT2D eigenvalue weighted by molar-refractivity contribution is 0.305. The van der Waals surface area contributed by atoms with Crippen LogP contribution in [-0.2, 0) is 0 Å². The minimum absolute atomic E-state index is 0.0641. The minimum atomic E-state index is 0.0641. The number of hydrogen-bond donors (Lipinski definition) is 1. The van der Waals surface area contributed by atoms with Gasteiger partial charge in [-0.1, -0.05) is 23.4 Å². The molecule has 0 bridgehead atoms. The van der Waals surface area contributed by atoms with Gasteiger partial charge in [-0.25, -0.2) is 0 Å². The molecule has 1 aromatic carbocycles. The molecule has 0 aliphatic rings. The Morgan fingerprint density at radius 3 is 2.93 bits per heavy atom. The Bertz CT molecular complexity index is 363. The van der Waals surface area contributed by atoms with Gasteiger partial charge in [0.25, 0.3) is 0 Å². The van der Waals surface area contributed by atoms with Gasteiger partial charge < -0.3 is 9.84 Å². The van der Waals surface area contributed by atoms with Crippen molar-refractivity contribution in [2.24, 2.45) is 0 Å². The van der Waals surface area contributed by atoms with Crippen LogP contribution in [0.3, 0.4) is 0 Å². The fourth-order valence-corrected chi connectivity index (χ4v) is 1.11. The van der Waals surface area contributed by atoms with E-state index >= 15 is 0 Å². The van der Waals surface area contributed by atoms with Crippen LogP contribution in [0.2, 0.25) is 5.02 Å². The van der Waals surface area contributed by atoms with Crippen molar-refractivity contribution in [2.75, 3.05) is 13.7 Å². The normalized spacial score (nSPS) is 9.07. The highest BCUT2D eigenvalue weighted by molar-refractivity contribution is 6.31. The molecule has 14 heavy (non-hydrogen) atoms. The lowest BCUT2D eigenvalue weighted by Gasteiger charge is -2.00. The van der Waals surface area contributed by atoms with Crippen molar-refractivity contribution in [3.05, 3.63) is 28.8 Å². The molecule has 0 atom stereocenters. The molecule has 0 unspecified atom stereocenters. The highest BCUT2D eigenvalue weighted by atomic mass is 35.5. The van der Waals surface area contributed by atoms with E-state index in [0.29, 0.717) is 11.4 Å².